The lowest BCUT2D eigenvalue weighted by molar-refractivity contribution is 0.748. The van der Waals surface area contributed by atoms with Crippen molar-refractivity contribution in [3.63, 3.8) is 0 Å². The molecule has 0 saturated carbocycles. The Labute approximate surface area is 104 Å². The molecule has 1 nitrogen and oxygen atoms in total. The summed E-state index contributed by atoms with van der Waals surface area (Å²) < 4.78 is 0. The molecule has 0 spiro atoms. The van der Waals surface area contributed by atoms with E-state index in [4.69, 9.17) is 0 Å². The molecule has 0 amide bonds. The third-order valence-electron chi connectivity index (χ3n) is 3.21. The molecule has 0 radical (unpaired) electrons. The Morgan fingerprint density at radius 2 is 1.53 bits per heavy atom. The third-order valence-corrected chi connectivity index (χ3v) is 5.98. The van der Waals surface area contributed by atoms with E-state index in [-0.39, 0.29) is 7.92 Å². The van der Waals surface area contributed by atoms with E-state index >= 15 is 0 Å². The van der Waals surface area contributed by atoms with Crippen LogP contribution in [0.3, 0.4) is 0 Å². The van der Waals surface area contributed by atoms with Crippen LogP contribution in [0.25, 0.3) is 0 Å². The van der Waals surface area contributed by atoms with Crippen LogP contribution in [0.1, 0.15) is 11.3 Å². The minimum atomic E-state index is -0.0910. The van der Waals surface area contributed by atoms with E-state index in [2.05, 4.69) is 66.0 Å². The second-order valence-corrected chi connectivity index (χ2v) is 6.72. The maximum atomic E-state index is 3.65. The van der Waals surface area contributed by atoms with Crippen molar-refractivity contribution in [3.05, 3.63) is 66.2 Å². The highest BCUT2D eigenvalue weighted by Gasteiger charge is 2.28. The number of benzene rings is 2. The zero-order valence-electron chi connectivity index (χ0n) is 9.71. The Balaban J connectivity index is 1.91. The molecular formula is C15H16NP. The minimum Gasteiger partial charge on any atom is -0.306 e. The lowest BCUT2D eigenvalue weighted by Crippen LogP contribution is -2.14. The molecule has 0 aliphatic carbocycles. The standard InChI is InChI=1S/C15H16NP/c1-3-7-13(8-4-1)15-16-11-12-17(15)14-9-5-2-6-10-14/h1-10,15-16H,11-12H2. The van der Waals surface area contributed by atoms with Crippen LogP contribution in [0.5, 0.6) is 0 Å². The molecule has 1 heterocycles. The molecule has 3 rings (SSSR count). The van der Waals surface area contributed by atoms with Gasteiger partial charge in [0, 0.05) is 6.54 Å². The van der Waals surface area contributed by atoms with Gasteiger partial charge in [0.15, 0.2) is 0 Å². The smallest absolute Gasteiger partial charge is 0.0564 e. The molecule has 1 N–H and O–H groups in total. The molecule has 2 aromatic rings. The molecule has 1 aliphatic rings. The first kappa shape index (κ1) is 11.0. The molecule has 2 atom stereocenters. The topological polar surface area (TPSA) is 12.0 Å². The lowest BCUT2D eigenvalue weighted by atomic mass is 10.2. The van der Waals surface area contributed by atoms with Gasteiger partial charge in [0.05, 0.1) is 5.78 Å². The predicted octanol–water partition coefficient (Wildman–Crippen LogP) is 3.10. The van der Waals surface area contributed by atoms with Crippen molar-refractivity contribution >= 4 is 13.2 Å². The molecule has 2 heteroatoms. The Hall–Kier alpha value is -1.17. The van der Waals surface area contributed by atoms with Gasteiger partial charge in [-0.2, -0.15) is 0 Å². The molecule has 1 saturated heterocycles. The van der Waals surface area contributed by atoms with E-state index in [1.807, 2.05) is 0 Å². The summed E-state index contributed by atoms with van der Waals surface area (Å²) in [4.78, 5) is 0. The molecule has 2 unspecified atom stereocenters. The lowest BCUT2D eigenvalue weighted by Gasteiger charge is -2.20. The van der Waals surface area contributed by atoms with Crippen LogP contribution in [0.2, 0.25) is 0 Å². The van der Waals surface area contributed by atoms with Gasteiger partial charge in [-0.3, -0.25) is 0 Å². The average molecular weight is 241 g/mol. The van der Waals surface area contributed by atoms with E-state index in [1.165, 1.54) is 17.0 Å². The number of hydrogen-bond donors (Lipinski definition) is 1. The molecule has 0 bridgehead atoms. The van der Waals surface area contributed by atoms with Gasteiger partial charge in [0.25, 0.3) is 0 Å². The van der Waals surface area contributed by atoms with Crippen molar-refractivity contribution in [2.75, 3.05) is 12.7 Å². The Morgan fingerprint density at radius 1 is 0.882 bits per heavy atom. The summed E-state index contributed by atoms with van der Waals surface area (Å²) in [5, 5.41) is 5.17. The van der Waals surface area contributed by atoms with Gasteiger partial charge in [-0.25, -0.2) is 0 Å². The monoisotopic (exact) mass is 241 g/mol. The fraction of sp³-hybridized carbons (Fsp3) is 0.200. The van der Waals surface area contributed by atoms with Crippen LogP contribution < -0.4 is 10.6 Å². The van der Waals surface area contributed by atoms with Gasteiger partial charge in [-0.15, -0.1) is 0 Å². The maximum absolute atomic E-state index is 3.65. The summed E-state index contributed by atoms with van der Waals surface area (Å²) in [7, 11) is -0.0910. The SMILES string of the molecule is c1ccc(C2NCCP2c2ccccc2)cc1. The molecule has 86 valence electrons. The van der Waals surface area contributed by atoms with Crippen LogP contribution in [0.4, 0.5) is 0 Å². The van der Waals surface area contributed by atoms with Gasteiger partial charge in [0.2, 0.25) is 0 Å². The number of rotatable bonds is 2. The fourth-order valence-electron chi connectivity index (χ4n) is 2.39. The van der Waals surface area contributed by atoms with Crippen molar-refractivity contribution in [3.8, 4) is 0 Å². The van der Waals surface area contributed by atoms with Crippen LogP contribution >= 0.6 is 7.92 Å². The van der Waals surface area contributed by atoms with Crippen LogP contribution in [-0.4, -0.2) is 12.7 Å². The highest BCUT2D eigenvalue weighted by molar-refractivity contribution is 7.66. The first-order chi connectivity index (χ1) is 8.45. The first-order valence-corrected chi connectivity index (χ1v) is 7.65. The molecule has 2 aromatic carbocycles. The van der Waals surface area contributed by atoms with Gasteiger partial charge >= 0.3 is 0 Å². The first-order valence-electron chi connectivity index (χ1n) is 6.05. The van der Waals surface area contributed by atoms with Gasteiger partial charge < -0.3 is 5.32 Å². The summed E-state index contributed by atoms with van der Waals surface area (Å²) in [5.41, 5.74) is 1.43. The van der Waals surface area contributed by atoms with Crippen LogP contribution in [-0.2, 0) is 0 Å². The highest BCUT2D eigenvalue weighted by atomic mass is 31.1. The summed E-state index contributed by atoms with van der Waals surface area (Å²) in [6.07, 6.45) is 1.29. The fourth-order valence-corrected chi connectivity index (χ4v) is 5.01. The zero-order valence-corrected chi connectivity index (χ0v) is 10.6. The second kappa shape index (κ2) is 5.00. The Bertz CT molecular complexity index is 423. The van der Waals surface area contributed by atoms with E-state index in [9.17, 15) is 0 Å². The van der Waals surface area contributed by atoms with Crippen molar-refractivity contribution in [2.45, 2.75) is 5.78 Å². The normalized spacial score (nSPS) is 23.8. The van der Waals surface area contributed by atoms with Crippen molar-refractivity contribution in [1.29, 1.82) is 0 Å². The maximum Gasteiger partial charge on any atom is 0.0564 e. The van der Waals surface area contributed by atoms with E-state index in [0.717, 1.165) is 6.54 Å². The average Bonchev–Trinajstić information content (AvgIpc) is 2.90. The largest absolute Gasteiger partial charge is 0.306 e. The molecular weight excluding hydrogens is 225 g/mol. The predicted molar refractivity (Wildman–Crippen MR) is 75.0 cm³/mol. The quantitative estimate of drug-likeness (QED) is 0.797. The van der Waals surface area contributed by atoms with Crippen LogP contribution in [0, 0.1) is 0 Å². The Morgan fingerprint density at radius 3 is 2.24 bits per heavy atom. The Kier molecular flexibility index (Phi) is 3.22. The van der Waals surface area contributed by atoms with Gasteiger partial charge in [-0.1, -0.05) is 68.6 Å². The van der Waals surface area contributed by atoms with Crippen molar-refractivity contribution < 1.29 is 0 Å². The van der Waals surface area contributed by atoms with Gasteiger partial charge in [0.1, 0.15) is 0 Å². The summed E-state index contributed by atoms with van der Waals surface area (Å²) in [5.74, 6) is 0.536. The second-order valence-electron chi connectivity index (χ2n) is 4.30. The van der Waals surface area contributed by atoms with E-state index in [1.54, 1.807) is 0 Å². The summed E-state index contributed by atoms with van der Waals surface area (Å²) in [6.45, 7) is 1.14. The third kappa shape index (κ3) is 2.26. The van der Waals surface area contributed by atoms with E-state index in [0.29, 0.717) is 5.78 Å². The summed E-state index contributed by atoms with van der Waals surface area (Å²) in [6, 6.07) is 21.8. The van der Waals surface area contributed by atoms with Gasteiger partial charge in [-0.05, 0) is 17.0 Å². The van der Waals surface area contributed by atoms with E-state index < -0.39 is 0 Å². The summed E-state index contributed by atoms with van der Waals surface area (Å²) >= 11 is 0. The number of nitrogens with one attached hydrogen (secondary N) is 1. The van der Waals surface area contributed by atoms with Crippen molar-refractivity contribution in [2.24, 2.45) is 0 Å². The zero-order chi connectivity index (χ0) is 11.5. The van der Waals surface area contributed by atoms with Crippen molar-refractivity contribution in [1.82, 2.24) is 5.32 Å². The number of hydrogen-bond acceptors (Lipinski definition) is 1. The molecule has 17 heavy (non-hydrogen) atoms. The van der Waals surface area contributed by atoms with Crippen LogP contribution in [0.15, 0.2) is 60.7 Å². The molecule has 0 aromatic heterocycles. The minimum absolute atomic E-state index is 0.0910. The highest BCUT2D eigenvalue weighted by Crippen LogP contribution is 2.51. The molecule has 1 aliphatic heterocycles. The molecule has 1 fully saturated rings.